The zero-order valence-corrected chi connectivity index (χ0v) is 11.7. The molecule has 0 radical (unpaired) electrons. The van der Waals surface area contributed by atoms with Crippen LogP contribution in [-0.2, 0) is 27.7 Å². The molecule has 0 saturated carbocycles. The van der Waals surface area contributed by atoms with Crippen molar-refractivity contribution >= 4 is 15.9 Å². The number of nitrogens with one attached hydrogen (secondary N) is 2. The van der Waals surface area contributed by atoms with Crippen molar-refractivity contribution in [1.82, 2.24) is 10.0 Å². The standard InChI is InChI=1S/C13H18N2O3S/c1-14-13(16)9-15-19(17,18)12-7-6-10-4-2-3-5-11(10)8-12/h6-8,15H,2-5,9H2,1H3,(H,14,16). The number of fused-ring (bicyclic) bond motifs is 1. The van der Waals surface area contributed by atoms with Gasteiger partial charge >= 0.3 is 0 Å². The SMILES string of the molecule is CNC(=O)CNS(=O)(=O)c1ccc2c(c1)CCCC2. The Bertz CT molecular complexity index is 582. The molecule has 0 atom stereocenters. The van der Waals surface area contributed by atoms with Crippen LogP contribution in [0.3, 0.4) is 0 Å². The van der Waals surface area contributed by atoms with Gasteiger partial charge in [0.25, 0.3) is 0 Å². The number of aryl methyl sites for hydroxylation is 2. The van der Waals surface area contributed by atoms with Crippen LogP contribution in [0.25, 0.3) is 0 Å². The first-order chi connectivity index (χ1) is 9.03. The molecule has 0 bridgehead atoms. The van der Waals surface area contributed by atoms with Gasteiger partial charge in [-0.05, 0) is 48.9 Å². The maximum absolute atomic E-state index is 12.0. The highest BCUT2D eigenvalue weighted by molar-refractivity contribution is 7.89. The summed E-state index contributed by atoms with van der Waals surface area (Å²) in [6.45, 7) is -0.240. The first kappa shape index (κ1) is 14.0. The summed E-state index contributed by atoms with van der Waals surface area (Å²) in [7, 11) is -2.14. The minimum atomic E-state index is -3.61. The predicted molar refractivity (Wildman–Crippen MR) is 72.3 cm³/mol. The van der Waals surface area contributed by atoms with Crippen LogP contribution in [0.5, 0.6) is 0 Å². The summed E-state index contributed by atoms with van der Waals surface area (Å²) < 4.78 is 26.4. The van der Waals surface area contributed by atoms with Crippen LogP contribution >= 0.6 is 0 Å². The average molecular weight is 282 g/mol. The van der Waals surface area contributed by atoms with Crippen molar-refractivity contribution in [2.45, 2.75) is 30.6 Å². The van der Waals surface area contributed by atoms with Crippen LogP contribution in [0.1, 0.15) is 24.0 Å². The minimum Gasteiger partial charge on any atom is -0.358 e. The molecule has 0 aromatic heterocycles. The number of hydrogen-bond acceptors (Lipinski definition) is 3. The Morgan fingerprint density at radius 2 is 1.89 bits per heavy atom. The normalized spacial score (nSPS) is 14.8. The zero-order chi connectivity index (χ0) is 13.9. The number of likely N-dealkylation sites (N-methyl/N-ethyl adjacent to an activating group) is 1. The van der Waals surface area contributed by atoms with Gasteiger partial charge < -0.3 is 5.32 Å². The molecule has 1 aliphatic carbocycles. The van der Waals surface area contributed by atoms with Crippen molar-refractivity contribution in [3.63, 3.8) is 0 Å². The maximum atomic E-state index is 12.0. The highest BCUT2D eigenvalue weighted by Crippen LogP contribution is 2.23. The molecule has 0 aliphatic heterocycles. The molecular formula is C13H18N2O3S. The lowest BCUT2D eigenvalue weighted by Crippen LogP contribution is -2.35. The first-order valence-electron chi connectivity index (χ1n) is 6.35. The topological polar surface area (TPSA) is 75.3 Å². The highest BCUT2D eigenvalue weighted by Gasteiger charge is 2.18. The third-order valence-electron chi connectivity index (χ3n) is 3.33. The van der Waals surface area contributed by atoms with E-state index in [9.17, 15) is 13.2 Å². The van der Waals surface area contributed by atoms with Gasteiger partial charge in [0.2, 0.25) is 15.9 Å². The Hall–Kier alpha value is -1.40. The molecule has 0 spiro atoms. The Labute approximate surface area is 113 Å². The minimum absolute atomic E-state index is 0.233. The lowest BCUT2D eigenvalue weighted by molar-refractivity contribution is -0.119. The van der Waals surface area contributed by atoms with Crippen LogP contribution in [0.15, 0.2) is 23.1 Å². The second-order valence-corrected chi connectivity index (χ2v) is 6.40. The molecule has 1 aromatic rings. The van der Waals surface area contributed by atoms with E-state index in [0.29, 0.717) is 0 Å². The maximum Gasteiger partial charge on any atom is 0.241 e. The molecule has 2 rings (SSSR count). The Morgan fingerprint density at radius 1 is 1.21 bits per heavy atom. The van der Waals surface area contributed by atoms with E-state index in [2.05, 4.69) is 10.0 Å². The van der Waals surface area contributed by atoms with Crippen molar-refractivity contribution in [2.75, 3.05) is 13.6 Å². The van der Waals surface area contributed by atoms with E-state index in [1.807, 2.05) is 6.07 Å². The van der Waals surface area contributed by atoms with Gasteiger partial charge in [-0.15, -0.1) is 0 Å². The Morgan fingerprint density at radius 3 is 2.58 bits per heavy atom. The molecule has 0 fully saturated rings. The van der Waals surface area contributed by atoms with Gasteiger partial charge in [-0.2, -0.15) is 0 Å². The van der Waals surface area contributed by atoms with E-state index in [1.165, 1.54) is 12.6 Å². The summed E-state index contributed by atoms with van der Waals surface area (Å²) in [6, 6.07) is 5.21. The van der Waals surface area contributed by atoms with Crippen LogP contribution in [0, 0.1) is 0 Å². The summed E-state index contributed by atoms with van der Waals surface area (Å²) in [4.78, 5) is 11.3. The number of hydrogen-bond donors (Lipinski definition) is 2. The smallest absolute Gasteiger partial charge is 0.241 e. The van der Waals surface area contributed by atoms with Crippen molar-refractivity contribution in [3.05, 3.63) is 29.3 Å². The fourth-order valence-electron chi connectivity index (χ4n) is 2.21. The van der Waals surface area contributed by atoms with Gasteiger partial charge in [0, 0.05) is 7.05 Å². The van der Waals surface area contributed by atoms with Crippen molar-refractivity contribution in [2.24, 2.45) is 0 Å². The van der Waals surface area contributed by atoms with E-state index < -0.39 is 10.0 Å². The van der Waals surface area contributed by atoms with Gasteiger partial charge in [-0.3, -0.25) is 4.79 Å². The number of carbonyl (C=O) groups excluding carboxylic acids is 1. The molecule has 1 aromatic carbocycles. The molecule has 2 N–H and O–H groups in total. The lowest BCUT2D eigenvalue weighted by atomic mass is 9.92. The lowest BCUT2D eigenvalue weighted by Gasteiger charge is -2.16. The molecule has 5 nitrogen and oxygen atoms in total. The Kier molecular flexibility index (Phi) is 4.21. The van der Waals surface area contributed by atoms with E-state index in [4.69, 9.17) is 0 Å². The summed E-state index contributed by atoms with van der Waals surface area (Å²) in [6.07, 6.45) is 4.20. The van der Waals surface area contributed by atoms with Gasteiger partial charge in [0.1, 0.15) is 0 Å². The summed E-state index contributed by atoms with van der Waals surface area (Å²) in [5, 5.41) is 2.37. The fraction of sp³-hybridized carbons (Fsp3) is 0.462. The number of benzene rings is 1. The van der Waals surface area contributed by atoms with E-state index >= 15 is 0 Å². The monoisotopic (exact) mass is 282 g/mol. The molecule has 0 heterocycles. The number of rotatable bonds is 4. The van der Waals surface area contributed by atoms with Crippen molar-refractivity contribution < 1.29 is 13.2 Å². The second-order valence-electron chi connectivity index (χ2n) is 4.64. The number of amides is 1. The summed E-state index contributed by atoms with van der Waals surface area (Å²) in [5.41, 5.74) is 2.34. The molecule has 19 heavy (non-hydrogen) atoms. The molecule has 0 saturated heterocycles. The van der Waals surface area contributed by atoms with Gasteiger partial charge in [0.05, 0.1) is 11.4 Å². The molecule has 1 aliphatic rings. The zero-order valence-electron chi connectivity index (χ0n) is 10.9. The molecule has 0 unspecified atom stereocenters. The quantitative estimate of drug-likeness (QED) is 0.848. The van der Waals surface area contributed by atoms with Crippen molar-refractivity contribution in [3.8, 4) is 0 Å². The average Bonchev–Trinajstić information content (AvgIpc) is 2.44. The summed E-state index contributed by atoms with van der Waals surface area (Å²) >= 11 is 0. The van der Waals surface area contributed by atoms with Crippen LogP contribution in [0.4, 0.5) is 0 Å². The van der Waals surface area contributed by atoms with Crippen LogP contribution in [0.2, 0.25) is 0 Å². The third-order valence-corrected chi connectivity index (χ3v) is 4.73. The largest absolute Gasteiger partial charge is 0.358 e. The van der Waals surface area contributed by atoms with Gasteiger partial charge in [0.15, 0.2) is 0 Å². The second kappa shape index (κ2) is 5.71. The van der Waals surface area contributed by atoms with Crippen LogP contribution < -0.4 is 10.0 Å². The van der Waals surface area contributed by atoms with E-state index in [1.54, 1.807) is 12.1 Å². The fourth-order valence-corrected chi connectivity index (χ4v) is 3.24. The van der Waals surface area contributed by atoms with E-state index in [0.717, 1.165) is 31.2 Å². The first-order valence-corrected chi connectivity index (χ1v) is 7.83. The number of sulfonamides is 1. The van der Waals surface area contributed by atoms with E-state index in [-0.39, 0.29) is 17.3 Å². The van der Waals surface area contributed by atoms with Crippen molar-refractivity contribution in [1.29, 1.82) is 0 Å². The molecule has 104 valence electrons. The summed E-state index contributed by atoms with van der Waals surface area (Å²) in [5.74, 6) is -0.360. The van der Waals surface area contributed by atoms with Crippen LogP contribution in [-0.4, -0.2) is 27.9 Å². The number of carbonyl (C=O) groups is 1. The molecular weight excluding hydrogens is 264 g/mol. The molecule has 1 amide bonds. The van der Waals surface area contributed by atoms with Gasteiger partial charge in [-0.25, -0.2) is 13.1 Å². The highest BCUT2D eigenvalue weighted by atomic mass is 32.2. The van der Waals surface area contributed by atoms with Gasteiger partial charge in [-0.1, -0.05) is 6.07 Å². The third kappa shape index (κ3) is 3.33. The molecule has 6 heteroatoms. The predicted octanol–water partition coefficient (Wildman–Crippen LogP) is 0.590. The Balaban J connectivity index is 2.18.